The second-order valence-corrected chi connectivity index (χ2v) is 8.01. The van der Waals surface area contributed by atoms with Crippen LogP contribution in [0.3, 0.4) is 0 Å². The number of halogens is 1. The highest BCUT2D eigenvalue weighted by Crippen LogP contribution is 2.23. The van der Waals surface area contributed by atoms with Crippen molar-refractivity contribution in [3.05, 3.63) is 62.6 Å². The van der Waals surface area contributed by atoms with Crippen LogP contribution in [0.15, 0.2) is 47.9 Å². The largest absolute Gasteiger partial charge is 0.236 e. The fourth-order valence-electron chi connectivity index (χ4n) is 1.81. The molecule has 0 aliphatic rings. The van der Waals surface area contributed by atoms with E-state index in [1.807, 2.05) is 43.3 Å². The first-order valence-corrected chi connectivity index (χ1v) is 9.18. The van der Waals surface area contributed by atoms with E-state index in [0.29, 0.717) is 17.4 Å². The van der Waals surface area contributed by atoms with Gasteiger partial charge in [0.2, 0.25) is 10.0 Å². The van der Waals surface area contributed by atoms with E-state index in [9.17, 15) is 8.42 Å². The van der Waals surface area contributed by atoms with E-state index in [1.54, 1.807) is 12.1 Å². The van der Waals surface area contributed by atoms with E-state index >= 15 is 0 Å². The topological polar surface area (TPSA) is 37.4 Å². The lowest BCUT2D eigenvalue weighted by molar-refractivity contribution is 0.433. The van der Waals surface area contributed by atoms with Crippen molar-refractivity contribution in [1.82, 2.24) is 4.31 Å². The number of sulfonamides is 1. The Hall–Kier alpha value is -1.14. The molecule has 1 aromatic carbocycles. The van der Waals surface area contributed by atoms with Gasteiger partial charge in [0, 0.05) is 23.4 Å². The lowest BCUT2D eigenvalue weighted by atomic mass is 10.2. The van der Waals surface area contributed by atoms with Gasteiger partial charge >= 0.3 is 0 Å². The highest BCUT2D eigenvalue weighted by molar-refractivity contribution is 7.92. The average molecular weight is 342 g/mol. The van der Waals surface area contributed by atoms with Crippen molar-refractivity contribution in [1.29, 1.82) is 0 Å². The van der Waals surface area contributed by atoms with Crippen molar-refractivity contribution in [2.75, 3.05) is 6.54 Å². The van der Waals surface area contributed by atoms with Crippen LogP contribution in [0.1, 0.15) is 17.4 Å². The Balaban J connectivity index is 2.14. The Bertz CT molecular complexity index is 708. The normalized spacial score (nSPS) is 12.3. The van der Waals surface area contributed by atoms with Crippen LogP contribution in [0.2, 0.25) is 4.34 Å². The average Bonchev–Trinajstić information content (AvgIpc) is 2.89. The van der Waals surface area contributed by atoms with Crippen molar-refractivity contribution in [3.63, 3.8) is 0 Å². The fraction of sp³-hybridized carbons (Fsp3) is 0.200. The molecule has 2 aromatic rings. The van der Waals surface area contributed by atoms with Crippen molar-refractivity contribution in [2.24, 2.45) is 0 Å². The van der Waals surface area contributed by atoms with Crippen LogP contribution in [0, 0.1) is 0 Å². The van der Waals surface area contributed by atoms with Gasteiger partial charge in [-0.25, -0.2) is 8.42 Å². The van der Waals surface area contributed by atoms with E-state index < -0.39 is 10.0 Å². The summed E-state index contributed by atoms with van der Waals surface area (Å²) in [6.45, 7) is 2.58. The van der Waals surface area contributed by atoms with Crippen LogP contribution in [0.25, 0.3) is 6.08 Å². The van der Waals surface area contributed by atoms with Gasteiger partial charge in [-0.15, -0.1) is 11.3 Å². The molecule has 21 heavy (non-hydrogen) atoms. The zero-order chi connectivity index (χ0) is 15.3. The molecule has 0 radical (unpaired) electrons. The minimum Gasteiger partial charge on any atom is -0.207 e. The number of thiophene rings is 1. The number of hydrogen-bond acceptors (Lipinski definition) is 3. The first kappa shape index (κ1) is 16.2. The van der Waals surface area contributed by atoms with Gasteiger partial charge in [0.15, 0.2) is 0 Å². The molecule has 0 bridgehead atoms. The van der Waals surface area contributed by atoms with Crippen LogP contribution >= 0.6 is 22.9 Å². The molecule has 0 saturated heterocycles. The predicted molar refractivity (Wildman–Crippen MR) is 89.8 cm³/mol. The van der Waals surface area contributed by atoms with Crippen LogP contribution in [-0.4, -0.2) is 19.3 Å². The maximum Gasteiger partial charge on any atom is 0.236 e. The standard InChI is InChI=1S/C15H16ClNO2S2/c1-2-17(12-14-8-9-15(16)20-14)21(18,19)11-10-13-6-4-3-5-7-13/h3-11H,2,12H2,1H3/b11-10+. The van der Waals surface area contributed by atoms with E-state index in [4.69, 9.17) is 11.6 Å². The minimum atomic E-state index is -3.44. The second-order valence-electron chi connectivity index (χ2n) is 4.39. The van der Waals surface area contributed by atoms with Gasteiger partial charge < -0.3 is 0 Å². The summed E-state index contributed by atoms with van der Waals surface area (Å²) in [4.78, 5) is 0.929. The molecule has 0 N–H and O–H groups in total. The summed E-state index contributed by atoms with van der Waals surface area (Å²) in [7, 11) is -3.44. The van der Waals surface area contributed by atoms with E-state index in [1.165, 1.54) is 21.1 Å². The molecule has 6 heteroatoms. The molecule has 2 rings (SSSR count). The number of hydrogen-bond donors (Lipinski definition) is 0. The van der Waals surface area contributed by atoms with Crippen LogP contribution in [-0.2, 0) is 16.6 Å². The maximum absolute atomic E-state index is 12.4. The van der Waals surface area contributed by atoms with Crippen LogP contribution in [0.5, 0.6) is 0 Å². The molecular formula is C15H16ClNO2S2. The van der Waals surface area contributed by atoms with E-state index in [0.717, 1.165) is 10.4 Å². The Kier molecular flexibility index (Phi) is 5.58. The van der Waals surface area contributed by atoms with Crippen LogP contribution in [0.4, 0.5) is 0 Å². The third-order valence-electron chi connectivity index (χ3n) is 2.91. The fourth-order valence-corrected chi connectivity index (χ4v) is 4.17. The molecule has 112 valence electrons. The molecule has 3 nitrogen and oxygen atoms in total. The third kappa shape index (κ3) is 4.68. The maximum atomic E-state index is 12.4. The first-order chi connectivity index (χ1) is 10.0. The molecule has 0 spiro atoms. The zero-order valence-corrected chi connectivity index (χ0v) is 14.0. The summed E-state index contributed by atoms with van der Waals surface area (Å²) >= 11 is 7.28. The monoisotopic (exact) mass is 341 g/mol. The summed E-state index contributed by atoms with van der Waals surface area (Å²) in [6, 6.07) is 13.0. The van der Waals surface area contributed by atoms with Gasteiger partial charge in [0.1, 0.15) is 0 Å². The number of nitrogens with zero attached hydrogens (tertiary/aromatic N) is 1. The SMILES string of the molecule is CCN(Cc1ccc(Cl)s1)S(=O)(=O)/C=C/c1ccccc1. The highest BCUT2D eigenvalue weighted by atomic mass is 35.5. The van der Waals surface area contributed by atoms with Crippen molar-refractivity contribution >= 4 is 39.0 Å². The molecule has 0 unspecified atom stereocenters. The summed E-state index contributed by atoms with van der Waals surface area (Å²) in [6.07, 6.45) is 1.61. The van der Waals surface area contributed by atoms with Gasteiger partial charge in [0.05, 0.1) is 4.34 Å². The molecule has 1 heterocycles. The Morgan fingerprint density at radius 1 is 1.19 bits per heavy atom. The molecule has 0 aliphatic heterocycles. The molecule has 0 atom stereocenters. The predicted octanol–water partition coefficient (Wildman–Crippen LogP) is 4.22. The Morgan fingerprint density at radius 2 is 1.90 bits per heavy atom. The molecule has 1 aromatic heterocycles. The van der Waals surface area contributed by atoms with Crippen LogP contribution < -0.4 is 0 Å². The van der Waals surface area contributed by atoms with Gasteiger partial charge in [-0.1, -0.05) is 48.9 Å². The highest BCUT2D eigenvalue weighted by Gasteiger charge is 2.18. The van der Waals surface area contributed by atoms with Gasteiger partial charge in [-0.3, -0.25) is 0 Å². The summed E-state index contributed by atoms with van der Waals surface area (Å²) in [5.41, 5.74) is 0.858. The zero-order valence-electron chi connectivity index (χ0n) is 11.6. The second kappa shape index (κ2) is 7.22. The van der Waals surface area contributed by atoms with Crippen molar-refractivity contribution in [2.45, 2.75) is 13.5 Å². The molecule has 0 amide bonds. The summed E-state index contributed by atoms with van der Waals surface area (Å²) in [5.74, 6) is 0. The lowest BCUT2D eigenvalue weighted by Gasteiger charge is -2.17. The van der Waals surface area contributed by atoms with Crippen molar-refractivity contribution in [3.8, 4) is 0 Å². The van der Waals surface area contributed by atoms with E-state index in [-0.39, 0.29) is 0 Å². The van der Waals surface area contributed by atoms with Crippen molar-refractivity contribution < 1.29 is 8.42 Å². The summed E-state index contributed by atoms with van der Waals surface area (Å²) in [5, 5.41) is 1.25. The minimum absolute atomic E-state index is 0.343. The third-order valence-corrected chi connectivity index (χ3v) is 5.71. The molecular weight excluding hydrogens is 326 g/mol. The smallest absolute Gasteiger partial charge is 0.207 e. The Labute approximate surface area is 134 Å². The van der Waals surface area contributed by atoms with Gasteiger partial charge in [0.25, 0.3) is 0 Å². The van der Waals surface area contributed by atoms with E-state index in [2.05, 4.69) is 0 Å². The number of benzene rings is 1. The van der Waals surface area contributed by atoms with Gasteiger partial charge in [-0.05, 0) is 23.8 Å². The molecule has 0 aliphatic carbocycles. The quantitative estimate of drug-likeness (QED) is 0.788. The van der Waals surface area contributed by atoms with Gasteiger partial charge in [-0.2, -0.15) is 4.31 Å². The lowest BCUT2D eigenvalue weighted by Crippen LogP contribution is -2.28. The number of rotatable bonds is 6. The molecule has 0 fully saturated rings. The molecule has 0 saturated carbocycles. The Morgan fingerprint density at radius 3 is 2.48 bits per heavy atom. The first-order valence-electron chi connectivity index (χ1n) is 6.49. The summed E-state index contributed by atoms with van der Waals surface area (Å²) < 4.78 is 26.8.